The minimum atomic E-state index is -0.365. The Balaban J connectivity index is 1.60. The van der Waals surface area contributed by atoms with Crippen LogP contribution in [-0.4, -0.2) is 20.3 Å². The topological polar surface area (TPSA) is 60.9 Å². The van der Waals surface area contributed by atoms with Crippen LogP contribution in [0, 0.1) is 6.92 Å². The van der Waals surface area contributed by atoms with Crippen LogP contribution < -0.4 is 0 Å². The monoisotopic (exact) mass is 461 g/mol. The lowest BCUT2D eigenvalue weighted by Crippen LogP contribution is -2.04. The average Bonchev–Trinajstić information content (AvgIpc) is 3.39. The van der Waals surface area contributed by atoms with Crippen molar-refractivity contribution in [3.63, 3.8) is 0 Å². The molecule has 0 N–H and O–H groups in total. The summed E-state index contributed by atoms with van der Waals surface area (Å²) in [6, 6.07) is 17.1. The normalized spacial score (nSPS) is 11.2. The third kappa shape index (κ3) is 3.70. The number of nitrogens with zero attached hydrogens (tertiary/aromatic N) is 3. The molecule has 0 saturated heterocycles. The molecule has 5 aromatic rings. The van der Waals surface area contributed by atoms with Crippen LogP contribution in [0.4, 0.5) is 0 Å². The molecule has 0 aliphatic carbocycles. The molecule has 0 saturated carbocycles. The molecule has 3 aromatic heterocycles. The minimum absolute atomic E-state index is 0.0159. The van der Waals surface area contributed by atoms with E-state index in [1.807, 2.05) is 60.0 Å². The molecule has 158 valence electrons. The van der Waals surface area contributed by atoms with Crippen molar-refractivity contribution >= 4 is 39.9 Å². The van der Waals surface area contributed by atoms with Crippen molar-refractivity contribution in [3.8, 4) is 11.3 Å². The first-order valence-electron chi connectivity index (χ1n) is 9.95. The van der Waals surface area contributed by atoms with Crippen molar-refractivity contribution in [1.82, 2.24) is 14.5 Å². The molecular weight excluding hydrogens is 445 g/mol. The molecule has 5 rings (SSSR count). The van der Waals surface area contributed by atoms with Crippen molar-refractivity contribution in [1.29, 1.82) is 0 Å². The van der Waals surface area contributed by atoms with Gasteiger partial charge in [-0.1, -0.05) is 47.0 Å². The lowest BCUT2D eigenvalue weighted by atomic mass is 10.1. The number of aromatic nitrogens is 3. The molecule has 2 aromatic carbocycles. The number of carbonyl (C=O) groups is 1. The van der Waals surface area contributed by atoms with Crippen molar-refractivity contribution in [2.75, 3.05) is 0 Å². The molecule has 0 spiro atoms. The minimum Gasteiger partial charge on any atom is -0.433 e. The number of carbonyl (C=O) groups excluding carboxylic acids is 1. The summed E-state index contributed by atoms with van der Waals surface area (Å²) in [6.07, 6.45) is 4.85. The molecule has 0 bridgehead atoms. The zero-order valence-electron chi connectivity index (χ0n) is 17.0. The molecule has 0 aliphatic rings. The van der Waals surface area contributed by atoms with Gasteiger partial charge in [0.15, 0.2) is 5.76 Å². The van der Waals surface area contributed by atoms with Crippen LogP contribution in [0.2, 0.25) is 10.2 Å². The van der Waals surface area contributed by atoms with Crippen LogP contribution in [0.1, 0.15) is 27.4 Å². The maximum absolute atomic E-state index is 13.5. The number of rotatable bonds is 5. The molecule has 32 heavy (non-hydrogen) atoms. The summed E-state index contributed by atoms with van der Waals surface area (Å²) in [5, 5.41) is 1.76. The van der Waals surface area contributed by atoms with E-state index in [0.29, 0.717) is 28.0 Å². The second-order valence-corrected chi connectivity index (χ2v) is 8.29. The van der Waals surface area contributed by atoms with Crippen LogP contribution >= 0.6 is 23.2 Å². The number of hydrogen-bond acceptors (Lipinski definition) is 4. The fourth-order valence-corrected chi connectivity index (χ4v) is 4.17. The highest BCUT2D eigenvalue weighted by Gasteiger charge is 2.26. The summed E-state index contributed by atoms with van der Waals surface area (Å²) in [4.78, 5) is 21.8. The number of ketones is 1. The highest BCUT2D eigenvalue weighted by molar-refractivity contribution is 6.36. The highest BCUT2D eigenvalue weighted by atomic mass is 35.5. The van der Waals surface area contributed by atoms with Crippen molar-refractivity contribution in [3.05, 3.63) is 106 Å². The van der Waals surface area contributed by atoms with E-state index >= 15 is 0 Å². The van der Waals surface area contributed by atoms with Gasteiger partial charge in [-0.25, -0.2) is 4.98 Å². The van der Waals surface area contributed by atoms with Gasteiger partial charge in [0.05, 0.1) is 17.3 Å². The maximum Gasteiger partial charge on any atom is 0.268 e. The Morgan fingerprint density at radius 3 is 2.62 bits per heavy atom. The third-order valence-corrected chi connectivity index (χ3v) is 5.93. The van der Waals surface area contributed by atoms with E-state index in [1.54, 1.807) is 18.5 Å². The van der Waals surface area contributed by atoms with Gasteiger partial charge < -0.3 is 8.98 Å². The van der Waals surface area contributed by atoms with Gasteiger partial charge in [0.1, 0.15) is 5.15 Å². The average molecular weight is 462 g/mol. The quantitative estimate of drug-likeness (QED) is 0.277. The van der Waals surface area contributed by atoms with Gasteiger partial charge in [-0.15, -0.1) is 0 Å². The molecule has 0 aliphatic heterocycles. The number of benzene rings is 2. The molecule has 7 heteroatoms. The fraction of sp³-hybridized carbons (Fsp3) is 0.0800. The Morgan fingerprint density at radius 1 is 1.06 bits per heavy atom. The van der Waals surface area contributed by atoms with E-state index in [0.717, 1.165) is 27.6 Å². The Morgan fingerprint density at radius 2 is 1.88 bits per heavy atom. The van der Waals surface area contributed by atoms with Crippen molar-refractivity contribution in [2.24, 2.45) is 0 Å². The summed E-state index contributed by atoms with van der Waals surface area (Å²) in [7, 11) is 0. The Bertz CT molecular complexity index is 1440. The summed E-state index contributed by atoms with van der Waals surface area (Å²) in [6.45, 7) is 2.47. The molecule has 3 heterocycles. The summed E-state index contributed by atoms with van der Waals surface area (Å²) >= 11 is 12.8. The number of halogens is 2. The van der Waals surface area contributed by atoms with Crippen LogP contribution in [0.25, 0.3) is 22.2 Å². The molecule has 0 unspecified atom stereocenters. The fourth-order valence-electron chi connectivity index (χ4n) is 3.71. The summed E-state index contributed by atoms with van der Waals surface area (Å²) < 4.78 is 7.69. The summed E-state index contributed by atoms with van der Waals surface area (Å²) in [5.41, 5.74) is 4.01. The van der Waals surface area contributed by atoms with Gasteiger partial charge in [-0.3, -0.25) is 9.78 Å². The lowest BCUT2D eigenvalue weighted by Gasteiger charge is -2.08. The van der Waals surface area contributed by atoms with Crippen molar-refractivity contribution < 1.29 is 9.21 Å². The predicted octanol–water partition coefficient (Wildman–Crippen LogP) is 6.59. The molecule has 0 fully saturated rings. The van der Waals surface area contributed by atoms with E-state index < -0.39 is 0 Å². The zero-order chi connectivity index (χ0) is 22.2. The van der Waals surface area contributed by atoms with Gasteiger partial charge in [0, 0.05) is 34.9 Å². The Kier molecular flexibility index (Phi) is 5.29. The van der Waals surface area contributed by atoms with Gasteiger partial charge >= 0.3 is 0 Å². The first kappa shape index (κ1) is 20.5. The number of pyridine rings is 1. The predicted molar refractivity (Wildman–Crippen MR) is 125 cm³/mol. The third-order valence-electron chi connectivity index (χ3n) is 5.28. The largest absolute Gasteiger partial charge is 0.433 e. The highest BCUT2D eigenvalue weighted by Crippen LogP contribution is 2.34. The van der Waals surface area contributed by atoms with E-state index in [4.69, 9.17) is 27.6 Å². The van der Waals surface area contributed by atoms with Crippen LogP contribution in [0.5, 0.6) is 0 Å². The first-order chi connectivity index (χ1) is 15.5. The molecule has 0 atom stereocenters. The van der Waals surface area contributed by atoms with Crippen molar-refractivity contribution in [2.45, 2.75) is 13.5 Å². The van der Waals surface area contributed by atoms with E-state index in [9.17, 15) is 4.79 Å². The SMILES string of the molecule is Cc1ccc2c(c1)c(C(=O)c1ncc(-c3cccnc3)o1)c(Cl)n2Cc1ccc(Cl)cc1. The van der Waals surface area contributed by atoms with Gasteiger partial charge in [-0.05, 0) is 48.9 Å². The lowest BCUT2D eigenvalue weighted by molar-refractivity contribution is 0.100. The van der Waals surface area contributed by atoms with Crippen LogP contribution in [0.3, 0.4) is 0 Å². The number of fused-ring (bicyclic) bond motifs is 1. The number of oxazole rings is 1. The first-order valence-corrected chi connectivity index (χ1v) is 10.7. The smallest absolute Gasteiger partial charge is 0.268 e. The molecule has 5 nitrogen and oxygen atoms in total. The van der Waals surface area contributed by atoms with E-state index in [1.165, 1.54) is 6.20 Å². The van der Waals surface area contributed by atoms with Gasteiger partial charge in [-0.2, -0.15) is 0 Å². The number of aryl methyl sites for hydroxylation is 1. The molecular formula is C25H17Cl2N3O2. The molecule has 0 radical (unpaired) electrons. The Labute approximate surface area is 194 Å². The zero-order valence-corrected chi connectivity index (χ0v) is 18.6. The van der Waals surface area contributed by atoms with Gasteiger partial charge in [0.2, 0.25) is 0 Å². The van der Waals surface area contributed by atoms with Gasteiger partial charge in [0.25, 0.3) is 11.7 Å². The van der Waals surface area contributed by atoms with Crippen LogP contribution in [-0.2, 0) is 6.54 Å². The van der Waals surface area contributed by atoms with E-state index in [-0.39, 0.29) is 11.7 Å². The second kappa shape index (κ2) is 8.26. The molecule has 0 amide bonds. The summed E-state index contributed by atoms with van der Waals surface area (Å²) in [5.74, 6) is 0.0899. The van der Waals surface area contributed by atoms with Crippen LogP contribution in [0.15, 0.2) is 77.6 Å². The maximum atomic E-state index is 13.5. The van der Waals surface area contributed by atoms with E-state index in [2.05, 4.69) is 9.97 Å². The second-order valence-electron chi connectivity index (χ2n) is 7.50. The standard InChI is InChI=1S/C25H17Cl2N3O2/c1-15-4-9-20-19(11-15)22(24(27)30(20)14-16-5-7-18(26)8-6-16)23(31)25-29-13-21(32-25)17-3-2-10-28-12-17/h2-13H,14H2,1H3. The number of hydrogen-bond donors (Lipinski definition) is 0. The Hall–Kier alpha value is -3.41.